The molecule has 2 aromatic rings. The van der Waals surface area contributed by atoms with Gasteiger partial charge in [-0.25, -0.2) is 0 Å². The number of hydrogen-bond acceptors (Lipinski definition) is 2. The lowest BCUT2D eigenvalue weighted by molar-refractivity contribution is 0.458. The first-order valence-corrected chi connectivity index (χ1v) is 7.09. The van der Waals surface area contributed by atoms with Crippen LogP contribution in [0.5, 0.6) is 17.2 Å². The van der Waals surface area contributed by atoms with Crippen molar-refractivity contribution in [2.45, 2.75) is 34.1 Å². The molecule has 21 heavy (non-hydrogen) atoms. The second-order valence-electron chi connectivity index (χ2n) is 5.74. The number of phenols is 1. The van der Waals surface area contributed by atoms with E-state index in [-0.39, 0.29) is 5.75 Å². The van der Waals surface area contributed by atoms with Crippen molar-refractivity contribution < 1.29 is 9.84 Å². The highest BCUT2D eigenvalue weighted by molar-refractivity contribution is 5.48. The van der Waals surface area contributed by atoms with Crippen LogP contribution in [0.3, 0.4) is 0 Å². The fraction of sp³-hybridized carbons (Fsp3) is 0.263. The summed E-state index contributed by atoms with van der Waals surface area (Å²) in [5, 5.41) is 9.58. The lowest BCUT2D eigenvalue weighted by atomic mass is 10.0. The van der Waals surface area contributed by atoms with Gasteiger partial charge in [-0.05, 0) is 74.6 Å². The van der Waals surface area contributed by atoms with Crippen molar-refractivity contribution in [2.24, 2.45) is 0 Å². The van der Waals surface area contributed by atoms with E-state index in [0.29, 0.717) is 0 Å². The molecule has 2 heteroatoms. The fourth-order valence-electron chi connectivity index (χ4n) is 2.46. The Morgan fingerprint density at radius 3 is 2.19 bits per heavy atom. The molecule has 0 aliphatic heterocycles. The number of benzene rings is 2. The molecule has 0 bridgehead atoms. The molecule has 0 radical (unpaired) electrons. The van der Waals surface area contributed by atoms with Gasteiger partial charge in [0, 0.05) is 0 Å². The summed E-state index contributed by atoms with van der Waals surface area (Å²) < 4.78 is 6.00. The van der Waals surface area contributed by atoms with Gasteiger partial charge in [0.15, 0.2) is 0 Å². The molecule has 2 nitrogen and oxygen atoms in total. The third-order valence-electron chi connectivity index (χ3n) is 3.41. The van der Waals surface area contributed by atoms with Gasteiger partial charge in [0.05, 0.1) is 0 Å². The fourth-order valence-corrected chi connectivity index (χ4v) is 2.46. The largest absolute Gasteiger partial charge is 0.508 e. The van der Waals surface area contributed by atoms with E-state index in [4.69, 9.17) is 4.74 Å². The first kappa shape index (κ1) is 15.2. The zero-order valence-corrected chi connectivity index (χ0v) is 13.2. The first-order valence-electron chi connectivity index (χ1n) is 7.09. The van der Waals surface area contributed by atoms with Crippen molar-refractivity contribution in [3.63, 3.8) is 0 Å². The molecule has 2 aromatic carbocycles. The third-order valence-corrected chi connectivity index (χ3v) is 3.41. The Morgan fingerprint density at radius 1 is 1.05 bits per heavy atom. The van der Waals surface area contributed by atoms with Crippen LogP contribution in [0, 0.1) is 20.8 Å². The van der Waals surface area contributed by atoms with Gasteiger partial charge in [-0.3, -0.25) is 0 Å². The van der Waals surface area contributed by atoms with Crippen LogP contribution in [0.1, 0.15) is 29.2 Å². The van der Waals surface area contributed by atoms with Crippen LogP contribution in [-0.2, 0) is 6.42 Å². The molecular weight excluding hydrogens is 260 g/mol. The Bertz CT molecular complexity index is 661. The highest BCUT2D eigenvalue weighted by Gasteiger charge is 2.09. The summed E-state index contributed by atoms with van der Waals surface area (Å²) in [5.41, 5.74) is 5.43. The second kappa shape index (κ2) is 6.04. The molecule has 110 valence electrons. The van der Waals surface area contributed by atoms with Gasteiger partial charge >= 0.3 is 0 Å². The molecule has 0 aliphatic carbocycles. The number of rotatable bonds is 4. The summed E-state index contributed by atoms with van der Waals surface area (Å²) in [7, 11) is 0. The van der Waals surface area contributed by atoms with Gasteiger partial charge in [-0.2, -0.15) is 0 Å². The number of aryl methyl sites for hydroxylation is 3. The quantitative estimate of drug-likeness (QED) is 0.778. The Kier molecular flexibility index (Phi) is 4.37. The average Bonchev–Trinajstić information content (AvgIpc) is 2.37. The molecular formula is C19H22O2. The lowest BCUT2D eigenvalue weighted by Crippen LogP contribution is -1.95. The maximum atomic E-state index is 9.58. The predicted octanol–water partition coefficient (Wildman–Crippen LogP) is 5.23. The predicted molar refractivity (Wildman–Crippen MR) is 87.4 cm³/mol. The van der Waals surface area contributed by atoms with Crippen LogP contribution >= 0.6 is 0 Å². The molecule has 0 aliphatic rings. The molecule has 0 spiro atoms. The summed E-state index contributed by atoms with van der Waals surface area (Å²) in [6.45, 7) is 12.0. The summed E-state index contributed by atoms with van der Waals surface area (Å²) in [4.78, 5) is 0. The van der Waals surface area contributed by atoms with Crippen LogP contribution < -0.4 is 4.74 Å². The topological polar surface area (TPSA) is 29.5 Å². The highest BCUT2D eigenvalue weighted by Crippen LogP contribution is 2.32. The van der Waals surface area contributed by atoms with E-state index in [0.717, 1.165) is 40.2 Å². The average molecular weight is 282 g/mol. The van der Waals surface area contributed by atoms with Crippen molar-refractivity contribution in [2.75, 3.05) is 0 Å². The van der Waals surface area contributed by atoms with Crippen molar-refractivity contribution in [1.82, 2.24) is 0 Å². The number of ether oxygens (including phenoxy) is 1. The summed E-state index contributed by atoms with van der Waals surface area (Å²) in [6, 6.07) is 9.57. The minimum Gasteiger partial charge on any atom is -0.508 e. The molecule has 0 aromatic heterocycles. The van der Waals surface area contributed by atoms with Crippen LogP contribution in [0.25, 0.3) is 0 Å². The second-order valence-corrected chi connectivity index (χ2v) is 5.74. The molecule has 0 atom stereocenters. The Morgan fingerprint density at radius 2 is 1.67 bits per heavy atom. The number of allylic oxidation sites excluding steroid dienone is 1. The van der Waals surface area contributed by atoms with Crippen LogP contribution in [0.15, 0.2) is 42.5 Å². The molecule has 0 saturated carbocycles. The molecule has 0 heterocycles. The zero-order chi connectivity index (χ0) is 15.6. The Labute approximate surface area is 126 Å². The Balaban J connectivity index is 2.31. The van der Waals surface area contributed by atoms with Gasteiger partial charge in [0.1, 0.15) is 17.2 Å². The van der Waals surface area contributed by atoms with E-state index < -0.39 is 0 Å². The molecule has 0 amide bonds. The van der Waals surface area contributed by atoms with E-state index in [2.05, 4.69) is 32.6 Å². The molecule has 0 fully saturated rings. The minimum atomic E-state index is 0.285. The van der Waals surface area contributed by atoms with Crippen LogP contribution in [-0.4, -0.2) is 5.11 Å². The first-order chi connectivity index (χ1) is 9.86. The molecule has 0 saturated heterocycles. The van der Waals surface area contributed by atoms with Crippen LogP contribution in [0.4, 0.5) is 0 Å². The number of hydrogen-bond donors (Lipinski definition) is 1. The standard InChI is InChI=1S/C19H22O2/c1-12(2)8-16-9-14(4)19(15(5)10-16)21-17-6-7-18(20)13(3)11-17/h6-7,9-11,20H,1,8H2,2-5H3. The van der Waals surface area contributed by atoms with E-state index in [1.807, 2.05) is 19.9 Å². The number of phenolic OH excluding ortho intramolecular Hbond substituents is 1. The smallest absolute Gasteiger partial charge is 0.133 e. The Hall–Kier alpha value is -2.22. The van der Waals surface area contributed by atoms with Crippen LogP contribution in [0.2, 0.25) is 0 Å². The van der Waals surface area contributed by atoms with E-state index in [9.17, 15) is 5.11 Å². The lowest BCUT2D eigenvalue weighted by Gasteiger charge is -2.14. The molecule has 0 unspecified atom stereocenters. The van der Waals surface area contributed by atoms with E-state index in [1.165, 1.54) is 5.56 Å². The van der Waals surface area contributed by atoms with Crippen molar-refractivity contribution in [3.8, 4) is 17.2 Å². The molecule has 1 N–H and O–H groups in total. The van der Waals surface area contributed by atoms with E-state index >= 15 is 0 Å². The van der Waals surface area contributed by atoms with E-state index in [1.54, 1.807) is 12.1 Å². The maximum absolute atomic E-state index is 9.58. The van der Waals surface area contributed by atoms with Crippen molar-refractivity contribution in [3.05, 3.63) is 64.7 Å². The van der Waals surface area contributed by atoms with Gasteiger partial charge < -0.3 is 9.84 Å². The minimum absolute atomic E-state index is 0.285. The summed E-state index contributed by atoms with van der Waals surface area (Å²) in [5.74, 6) is 1.90. The summed E-state index contributed by atoms with van der Waals surface area (Å²) >= 11 is 0. The SMILES string of the molecule is C=C(C)Cc1cc(C)c(Oc2ccc(O)c(C)c2)c(C)c1. The van der Waals surface area contributed by atoms with Crippen molar-refractivity contribution >= 4 is 0 Å². The number of aromatic hydroxyl groups is 1. The third kappa shape index (κ3) is 3.66. The van der Waals surface area contributed by atoms with Crippen molar-refractivity contribution in [1.29, 1.82) is 0 Å². The van der Waals surface area contributed by atoms with Gasteiger partial charge in [0.2, 0.25) is 0 Å². The monoisotopic (exact) mass is 282 g/mol. The zero-order valence-electron chi connectivity index (χ0n) is 13.2. The summed E-state index contributed by atoms with van der Waals surface area (Å²) in [6.07, 6.45) is 0.889. The molecule has 2 rings (SSSR count). The van der Waals surface area contributed by atoms with Gasteiger partial charge in [-0.15, -0.1) is 0 Å². The maximum Gasteiger partial charge on any atom is 0.133 e. The normalized spacial score (nSPS) is 10.5. The van der Waals surface area contributed by atoms with Gasteiger partial charge in [-0.1, -0.05) is 24.3 Å². The van der Waals surface area contributed by atoms with Gasteiger partial charge in [0.25, 0.3) is 0 Å². The highest BCUT2D eigenvalue weighted by atomic mass is 16.5.